The Morgan fingerprint density at radius 2 is 2.40 bits per heavy atom. The minimum absolute atomic E-state index is 0.00458. The highest BCUT2D eigenvalue weighted by molar-refractivity contribution is 5.82. The molecule has 0 fully saturated rings. The quantitative estimate of drug-likeness (QED) is 0.579. The number of carbonyl (C=O) groups is 1. The number of rotatable bonds is 4. The summed E-state index contributed by atoms with van der Waals surface area (Å²) < 4.78 is 0. The highest BCUT2D eigenvalue weighted by atomic mass is 16.1. The lowest BCUT2D eigenvalue weighted by atomic mass is 10.1. The first kappa shape index (κ1) is 9.30. The van der Waals surface area contributed by atoms with E-state index in [1.165, 1.54) is 0 Å². The Kier molecular flexibility index (Phi) is 4.76. The van der Waals surface area contributed by atoms with Gasteiger partial charge in [-0.1, -0.05) is 6.92 Å². The van der Waals surface area contributed by atoms with Crippen molar-refractivity contribution in [3.63, 3.8) is 0 Å². The third kappa shape index (κ3) is 3.35. The summed E-state index contributed by atoms with van der Waals surface area (Å²) in [6.45, 7) is 5.87. The number of aliphatic imine (C=N–C) groups is 1. The lowest BCUT2D eigenvalue weighted by molar-refractivity contribution is -0.121. The van der Waals surface area contributed by atoms with E-state index in [1.54, 1.807) is 0 Å². The van der Waals surface area contributed by atoms with Crippen molar-refractivity contribution in [1.82, 2.24) is 5.32 Å². The summed E-state index contributed by atoms with van der Waals surface area (Å²) >= 11 is 0. The molecule has 1 N–H and O–H groups in total. The Morgan fingerprint density at radius 3 is 2.80 bits per heavy atom. The third-order valence-corrected chi connectivity index (χ3v) is 1.40. The summed E-state index contributed by atoms with van der Waals surface area (Å²) in [5, 5.41) is 2.96. The first-order chi connectivity index (χ1) is 4.72. The lowest BCUT2D eigenvalue weighted by Crippen LogP contribution is -2.16. The number of carbonyl (C=O) groups excluding carboxylic acids is 1. The lowest BCUT2D eigenvalue weighted by Gasteiger charge is -2.04. The van der Waals surface area contributed by atoms with Gasteiger partial charge in [-0.2, -0.15) is 0 Å². The van der Waals surface area contributed by atoms with Gasteiger partial charge in [-0.05, 0) is 26.7 Å². The van der Waals surface area contributed by atoms with Gasteiger partial charge in [0.25, 0.3) is 0 Å². The van der Waals surface area contributed by atoms with Gasteiger partial charge in [-0.15, -0.1) is 0 Å². The minimum Gasteiger partial charge on any atom is -0.320 e. The Bertz CT molecular complexity index is 123. The fourth-order valence-corrected chi connectivity index (χ4v) is 0.640. The maximum absolute atomic E-state index is 10.8. The van der Waals surface area contributed by atoms with Crippen LogP contribution in [0.1, 0.15) is 13.3 Å². The van der Waals surface area contributed by atoms with Crippen molar-refractivity contribution in [3.05, 3.63) is 0 Å². The van der Waals surface area contributed by atoms with E-state index < -0.39 is 0 Å². The van der Waals surface area contributed by atoms with E-state index in [9.17, 15) is 4.79 Å². The van der Waals surface area contributed by atoms with Crippen molar-refractivity contribution < 1.29 is 4.79 Å². The molecular weight excluding hydrogens is 128 g/mol. The van der Waals surface area contributed by atoms with Crippen LogP contribution in [0.15, 0.2) is 4.99 Å². The molecule has 3 nitrogen and oxygen atoms in total. The Morgan fingerprint density at radius 1 is 1.80 bits per heavy atom. The number of nitrogens with zero attached hydrogens (tertiary/aromatic N) is 1. The van der Waals surface area contributed by atoms with Crippen LogP contribution in [-0.4, -0.2) is 26.2 Å². The fraction of sp³-hybridized carbons (Fsp3) is 0.714. The van der Waals surface area contributed by atoms with Crippen molar-refractivity contribution >= 4 is 12.6 Å². The van der Waals surface area contributed by atoms with Crippen LogP contribution in [0.3, 0.4) is 0 Å². The van der Waals surface area contributed by atoms with E-state index in [-0.39, 0.29) is 11.8 Å². The van der Waals surface area contributed by atoms with Crippen molar-refractivity contribution in [2.75, 3.05) is 13.6 Å². The van der Waals surface area contributed by atoms with Crippen molar-refractivity contribution in [1.29, 1.82) is 0 Å². The maximum Gasteiger partial charge on any atom is 0.247 e. The summed E-state index contributed by atoms with van der Waals surface area (Å²) in [5.74, 6) is -0.111. The van der Waals surface area contributed by atoms with Gasteiger partial charge in [0.2, 0.25) is 5.91 Å². The molecule has 0 aliphatic rings. The van der Waals surface area contributed by atoms with Crippen LogP contribution in [0.2, 0.25) is 0 Å². The second kappa shape index (κ2) is 5.11. The molecule has 0 saturated carbocycles. The smallest absolute Gasteiger partial charge is 0.247 e. The van der Waals surface area contributed by atoms with Crippen LogP contribution in [0.25, 0.3) is 0 Å². The van der Waals surface area contributed by atoms with Crippen LogP contribution in [-0.2, 0) is 4.79 Å². The molecule has 1 unspecified atom stereocenters. The van der Waals surface area contributed by atoms with E-state index in [2.05, 4.69) is 17.0 Å². The highest BCUT2D eigenvalue weighted by Gasteiger charge is 2.08. The Labute approximate surface area is 61.5 Å². The van der Waals surface area contributed by atoms with Crippen LogP contribution >= 0.6 is 0 Å². The average molecular weight is 142 g/mol. The molecule has 0 radical (unpaired) electrons. The summed E-state index contributed by atoms with van der Waals surface area (Å²) in [7, 11) is 1.86. The number of amides is 1. The number of hydrogen-bond donors (Lipinski definition) is 1. The molecule has 0 saturated heterocycles. The van der Waals surface area contributed by atoms with Gasteiger partial charge >= 0.3 is 0 Å². The first-order valence-electron chi connectivity index (χ1n) is 3.37. The molecule has 0 aromatic heterocycles. The van der Waals surface area contributed by atoms with Crippen LogP contribution in [0.5, 0.6) is 0 Å². The van der Waals surface area contributed by atoms with Gasteiger partial charge in [0, 0.05) is 5.92 Å². The number of nitrogens with one attached hydrogen (secondary N) is 1. The van der Waals surface area contributed by atoms with Crippen molar-refractivity contribution in [2.24, 2.45) is 10.9 Å². The standard InChI is InChI=1S/C7H14N2O/c1-6(4-5-8-2)7(10)9-3/h6,8H,3-5H2,1-2H3. The largest absolute Gasteiger partial charge is 0.320 e. The maximum atomic E-state index is 10.8. The summed E-state index contributed by atoms with van der Waals surface area (Å²) in [4.78, 5) is 14.1. The molecule has 0 aromatic carbocycles. The van der Waals surface area contributed by atoms with Gasteiger partial charge in [0.05, 0.1) is 0 Å². The van der Waals surface area contributed by atoms with E-state index in [1.807, 2.05) is 14.0 Å². The molecule has 0 aliphatic heterocycles. The molecule has 0 aromatic rings. The molecule has 0 bridgehead atoms. The summed E-state index contributed by atoms with van der Waals surface area (Å²) in [6.07, 6.45) is 0.828. The molecule has 3 heteroatoms. The Balaban J connectivity index is 3.51. The first-order valence-corrected chi connectivity index (χ1v) is 3.37. The van der Waals surface area contributed by atoms with E-state index in [0.717, 1.165) is 13.0 Å². The molecule has 1 atom stereocenters. The van der Waals surface area contributed by atoms with Crippen LogP contribution in [0, 0.1) is 5.92 Å². The molecule has 0 spiro atoms. The highest BCUT2D eigenvalue weighted by Crippen LogP contribution is 2.01. The minimum atomic E-state index is -0.116. The normalized spacial score (nSPS) is 12.6. The topological polar surface area (TPSA) is 41.5 Å². The second-order valence-electron chi connectivity index (χ2n) is 2.29. The van der Waals surface area contributed by atoms with E-state index in [4.69, 9.17) is 0 Å². The van der Waals surface area contributed by atoms with Gasteiger partial charge in [0.1, 0.15) is 0 Å². The molecular formula is C7H14N2O. The predicted molar refractivity (Wildman–Crippen MR) is 42.3 cm³/mol. The molecule has 0 heterocycles. The zero-order valence-electron chi connectivity index (χ0n) is 6.55. The van der Waals surface area contributed by atoms with Crippen LogP contribution < -0.4 is 5.32 Å². The van der Waals surface area contributed by atoms with Gasteiger partial charge < -0.3 is 5.32 Å². The van der Waals surface area contributed by atoms with Crippen molar-refractivity contribution in [3.8, 4) is 0 Å². The third-order valence-electron chi connectivity index (χ3n) is 1.40. The molecule has 1 amide bonds. The van der Waals surface area contributed by atoms with Gasteiger partial charge in [0.15, 0.2) is 0 Å². The molecule has 0 rings (SSSR count). The number of hydrogen-bond acceptors (Lipinski definition) is 2. The zero-order valence-corrected chi connectivity index (χ0v) is 6.55. The van der Waals surface area contributed by atoms with E-state index >= 15 is 0 Å². The van der Waals surface area contributed by atoms with Crippen LogP contribution in [0.4, 0.5) is 0 Å². The summed E-state index contributed by atoms with van der Waals surface area (Å²) in [6, 6.07) is 0. The average Bonchev–Trinajstić information content (AvgIpc) is 1.98. The SMILES string of the molecule is C=NC(=O)C(C)CCNC. The molecule has 10 heavy (non-hydrogen) atoms. The van der Waals surface area contributed by atoms with Crippen molar-refractivity contribution in [2.45, 2.75) is 13.3 Å². The predicted octanol–water partition coefficient (Wildman–Crippen LogP) is 0.459. The van der Waals surface area contributed by atoms with Gasteiger partial charge in [-0.25, -0.2) is 4.99 Å². The second-order valence-corrected chi connectivity index (χ2v) is 2.29. The van der Waals surface area contributed by atoms with E-state index in [0.29, 0.717) is 0 Å². The van der Waals surface area contributed by atoms with Gasteiger partial charge in [-0.3, -0.25) is 4.79 Å². The zero-order chi connectivity index (χ0) is 7.98. The monoisotopic (exact) mass is 142 g/mol. The Hall–Kier alpha value is -0.700. The fourth-order valence-electron chi connectivity index (χ4n) is 0.640. The molecule has 0 aliphatic carbocycles. The summed E-state index contributed by atoms with van der Waals surface area (Å²) in [5.41, 5.74) is 0. The molecule has 58 valence electrons.